The highest BCUT2D eigenvalue weighted by Gasteiger charge is 2.36. The zero-order valence-corrected chi connectivity index (χ0v) is 17.5. The maximum atomic E-state index is 12.7. The maximum absolute atomic E-state index is 12.7. The molecule has 0 saturated heterocycles. The number of hydrazine groups is 1. The summed E-state index contributed by atoms with van der Waals surface area (Å²) < 4.78 is 5.87. The third-order valence-electron chi connectivity index (χ3n) is 4.89. The first-order chi connectivity index (χ1) is 14.1. The van der Waals surface area contributed by atoms with E-state index in [2.05, 4.69) is 34.9 Å². The molecule has 6 N–H and O–H groups in total. The van der Waals surface area contributed by atoms with E-state index in [1.54, 1.807) is 19.1 Å². The molecule has 1 aliphatic carbocycles. The van der Waals surface area contributed by atoms with Crippen LogP contribution in [-0.2, 0) is 6.42 Å². The van der Waals surface area contributed by atoms with Crippen molar-refractivity contribution in [1.29, 1.82) is 0 Å². The minimum absolute atomic E-state index is 0.110. The fourth-order valence-electron chi connectivity index (χ4n) is 3.48. The Balaban J connectivity index is 1.83. The lowest BCUT2D eigenvalue weighted by atomic mass is 9.75. The number of rotatable bonds is 3. The molecule has 0 radical (unpaired) electrons. The second kappa shape index (κ2) is 8.02. The van der Waals surface area contributed by atoms with Gasteiger partial charge in [-0.2, -0.15) is 5.10 Å². The van der Waals surface area contributed by atoms with E-state index >= 15 is 0 Å². The molecule has 1 aromatic heterocycles. The van der Waals surface area contributed by atoms with E-state index in [0.717, 1.165) is 11.1 Å². The number of furan rings is 1. The molecule has 1 aliphatic rings. The normalized spacial score (nSPS) is 15.9. The van der Waals surface area contributed by atoms with Crippen molar-refractivity contribution < 1.29 is 14.0 Å². The summed E-state index contributed by atoms with van der Waals surface area (Å²) >= 11 is 0. The zero-order chi connectivity index (χ0) is 22.1. The number of nitrogens with two attached hydrogens (primary N) is 2. The van der Waals surface area contributed by atoms with Crippen molar-refractivity contribution in [3.8, 4) is 0 Å². The molecule has 0 aliphatic heterocycles. The molecule has 0 spiro atoms. The van der Waals surface area contributed by atoms with Crippen LogP contribution in [0.25, 0.3) is 0 Å². The Kier molecular flexibility index (Phi) is 5.64. The van der Waals surface area contributed by atoms with Crippen LogP contribution in [0.4, 0.5) is 0 Å². The van der Waals surface area contributed by atoms with E-state index in [0.29, 0.717) is 35.4 Å². The third kappa shape index (κ3) is 4.51. The predicted molar refractivity (Wildman–Crippen MR) is 114 cm³/mol. The predicted octanol–water partition coefficient (Wildman–Crippen LogP) is 1.92. The standard InChI is InChI=1S/C21H26N6O3/c1-11-5-7-13(8-6-11)18(28)25-26-19(29)17-12(2)16-14(24-27-20(22)23)9-21(3,4)10-15(16)30-17/h5-8H,9-10H2,1-4H3,(H,25,28)(H,26,29)(H4,22,23,27)/b24-14-. The second-order valence-electron chi connectivity index (χ2n) is 8.22. The number of benzene rings is 1. The summed E-state index contributed by atoms with van der Waals surface area (Å²) in [6, 6.07) is 7.01. The van der Waals surface area contributed by atoms with Gasteiger partial charge in [-0.15, -0.1) is 5.10 Å². The van der Waals surface area contributed by atoms with Gasteiger partial charge in [0.05, 0.1) is 5.71 Å². The summed E-state index contributed by atoms with van der Waals surface area (Å²) in [5.74, 6) is -0.372. The van der Waals surface area contributed by atoms with Crippen molar-refractivity contribution in [2.75, 3.05) is 0 Å². The number of nitrogens with zero attached hydrogens (tertiary/aromatic N) is 2. The molecule has 2 aromatic rings. The topological polar surface area (TPSA) is 148 Å². The maximum Gasteiger partial charge on any atom is 0.305 e. The Morgan fingerprint density at radius 1 is 1.03 bits per heavy atom. The summed E-state index contributed by atoms with van der Waals surface area (Å²) in [5.41, 5.74) is 19.0. The van der Waals surface area contributed by atoms with Gasteiger partial charge in [-0.1, -0.05) is 31.5 Å². The number of guanidine groups is 1. The number of carbonyl (C=O) groups is 2. The van der Waals surface area contributed by atoms with Gasteiger partial charge in [0.25, 0.3) is 5.91 Å². The highest BCUT2D eigenvalue weighted by atomic mass is 16.4. The summed E-state index contributed by atoms with van der Waals surface area (Å²) in [4.78, 5) is 24.9. The Labute approximate surface area is 174 Å². The Hall–Kier alpha value is -3.62. The number of carbonyl (C=O) groups excluding carboxylic acids is 2. The van der Waals surface area contributed by atoms with Gasteiger partial charge in [0.15, 0.2) is 5.76 Å². The van der Waals surface area contributed by atoms with Crippen LogP contribution in [0.15, 0.2) is 38.9 Å². The molecule has 3 rings (SSSR count). The monoisotopic (exact) mass is 410 g/mol. The Morgan fingerprint density at radius 2 is 1.67 bits per heavy atom. The highest BCUT2D eigenvalue weighted by Crippen LogP contribution is 2.38. The summed E-state index contributed by atoms with van der Waals surface area (Å²) in [6.07, 6.45) is 1.26. The fraction of sp³-hybridized carbons (Fsp3) is 0.333. The molecule has 0 atom stereocenters. The quantitative estimate of drug-likeness (QED) is 0.347. The molecular formula is C21H26N6O3. The molecule has 1 aromatic carbocycles. The molecule has 30 heavy (non-hydrogen) atoms. The lowest BCUT2D eigenvalue weighted by Crippen LogP contribution is -2.41. The van der Waals surface area contributed by atoms with Crippen molar-refractivity contribution in [1.82, 2.24) is 10.9 Å². The van der Waals surface area contributed by atoms with Crippen molar-refractivity contribution in [2.24, 2.45) is 27.1 Å². The van der Waals surface area contributed by atoms with Crippen LogP contribution in [0.1, 0.15) is 63.6 Å². The first kappa shape index (κ1) is 21.1. The van der Waals surface area contributed by atoms with Crippen molar-refractivity contribution in [3.63, 3.8) is 0 Å². The second-order valence-corrected chi connectivity index (χ2v) is 8.22. The van der Waals surface area contributed by atoms with Crippen molar-refractivity contribution in [3.05, 3.63) is 58.0 Å². The van der Waals surface area contributed by atoms with Crippen LogP contribution in [0.5, 0.6) is 0 Å². The van der Waals surface area contributed by atoms with Crippen LogP contribution in [0.2, 0.25) is 0 Å². The SMILES string of the molecule is Cc1ccc(C(=O)NNC(=O)c2oc3c(c2C)/C(=N\N=C(N)N)CC(C)(C)C3)cc1. The van der Waals surface area contributed by atoms with E-state index in [1.807, 2.05) is 19.1 Å². The van der Waals surface area contributed by atoms with Gasteiger partial charge in [-0.05, 0) is 37.8 Å². The molecule has 0 fully saturated rings. The first-order valence-electron chi connectivity index (χ1n) is 9.53. The number of fused-ring (bicyclic) bond motifs is 1. The van der Waals surface area contributed by atoms with Crippen LogP contribution < -0.4 is 22.3 Å². The molecule has 2 amide bonds. The van der Waals surface area contributed by atoms with Crippen LogP contribution in [0.3, 0.4) is 0 Å². The lowest BCUT2D eigenvalue weighted by molar-refractivity contribution is 0.0828. The number of aryl methyl sites for hydroxylation is 1. The average molecular weight is 410 g/mol. The first-order valence-corrected chi connectivity index (χ1v) is 9.53. The van der Waals surface area contributed by atoms with Crippen molar-refractivity contribution in [2.45, 2.75) is 40.5 Å². The average Bonchev–Trinajstić information content (AvgIpc) is 2.99. The summed E-state index contributed by atoms with van der Waals surface area (Å²) in [7, 11) is 0. The summed E-state index contributed by atoms with van der Waals surface area (Å²) in [6.45, 7) is 7.83. The third-order valence-corrected chi connectivity index (χ3v) is 4.89. The van der Waals surface area contributed by atoms with Gasteiger partial charge >= 0.3 is 5.91 Å². The molecule has 9 heteroatoms. The van der Waals surface area contributed by atoms with Gasteiger partial charge in [-0.3, -0.25) is 20.4 Å². The van der Waals surface area contributed by atoms with Crippen LogP contribution in [0, 0.1) is 19.3 Å². The highest BCUT2D eigenvalue weighted by molar-refractivity contribution is 6.07. The lowest BCUT2D eigenvalue weighted by Gasteiger charge is -2.29. The minimum Gasteiger partial charge on any atom is -0.455 e. The Morgan fingerprint density at radius 3 is 2.30 bits per heavy atom. The van der Waals surface area contributed by atoms with Crippen LogP contribution in [-0.4, -0.2) is 23.5 Å². The zero-order valence-electron chi connectivity index (χ0n) is 17.5. The molecule has 0 bridgehead atoms. The van der Waals surface area contributed by atoms with E-state index in [4.69, 9.17) is 15.9 Å². The van der Waals surface area contributed by atoms with E-state index in [1.165, 1.54) is 0 Å². The van der Waals surface area contributed by atoms with Gasteiger partial charge < -0.3 is 15.9 Å². The largest absolute Gasteiger partial charge is 0.455 e. The molecular weight excluding hydrogens is 384 g/mol. The number of hydrogen-bond donors (Lipinski definition) is 4. The smallest absolute Gasteiger partial charge is 0.305 e. The number of nitrogens with one attached hydrogen (secondary N) is 2. The number of amides is 2. The molecule has 1 heterocycles. The van der Waals surface area contributed by atoms with Crippen molar-refractivity contribution >= 4 is 23.5 Å². The van der Waals surface area contributed by atoms with Gasteiger partial charge in [0.2, 0.25) is 5.96 Å². The van der Waals surface area contributed by atoms with E-state index in [-0.39, 0.29) is 17.1 Å². The molecule has 158 valence electrons. The van der Waals surface area contributed by atoms with E-state index in [9.17, 15) is 9.59 Å². The number of hydrogen-bond acceptors (Lipinski definition) is 5. The molecule has 9 nitrogen and oxygen atoms in total. The van der Waals surface area contributed by atoms with Gasteiger partial charge in [0.1, 0.15) is 5.76 Å². The fourth-order valence-corrected chi connectivity index (χ4v) is 3.48. The van der Waals surface area contributed by atoms with Gasteiger partial charge in [0, 0.05) is 23.1 Å². The van der Waals surface area contributed by atoms with Gasteiger partial charge in [-0.25, -0.2) is 0 Å². The molecule has 0 saturated carbocycles. The Bertz CT molecular complexity index is 1040. The van der Waals surface area contributed by atoms with Crippen LogP contribution >= 0.6 is 0 Å². The van der Waals surface area contributed by atoms with E-state index < -0.39 is 11.8 Å². The summed E-state index contributed by atoms with van der Waals surface area (Å²) in [5, 5.41) is 7.94. The minimum atomic E-state index is -0.554. The molecule has 0 unspecified atom stereocenters.